The number of hydrogen-bond donors (Lipinski definition) is 3. The zero-order valence-electron chi connectivity index (χ0n) is 11.3. The molecule has 1 rings (SSSR count). The highest BCUT2D eigenvalue weighted by Gasteiger charge is 2.45. The monoisotopic (exact) mass is 275 g/mol. The van der Waals surface area contributed by atoms with Gasteiger partial charge in [-0.1, -0.05) is 13.8 Å². The Hall–Kier alpha value is -0.260. The summed E-state index contributed by atoms with van der Waals surface area (Å²) in [6.45, 7) is 5.11. The zero-order chi connectivity index (χ0) is 13.6. The van der Waals surface area contributed by atoms with Gasteiger partial charge in [0.25, 0.3) is 0 Å². The number of carbonyl (C=O) groups is 1. The molecular weight excluding hydrogens is 250 g/mol. The number of aliphatic carboxylic acids is 1. The van der Waals surface area contributed by atoms with E-state index < -0.39 is 11.5 Å². The molecule has 0 aromatic heterocycles. The highest BCUT2D eigenvalue weighted by Crippen LogP contribution is 2.39. The number of nitrogens with one attached hydrogen (secondary N) is 1. The maximum absolute atomic E-state index is 11.5. The second kappa shape index (κ2) is 7.36. The van der Waals surface area contributed by atoms with Gasteiger partial charge < -0.3 is 15.5 Å². The van der Waals surface area contributed by atoms with Crippen molar-refractivity contribution in [1.29, 1.82) is 0 Å². The Morgan fingerprint density at radius 3 is 2.89 bits per heavy atom. The minimum Gasteiger partial charge on any atom is -0.480 e. The first-order valence-corrected chi connectivity index (χ1v) is 7.73. The molecule has 3 unspecified atom stereocenters. The lowest BCUT2D eigenvalue weighted by molar-refractivity contribution is -0.144. The van der Waals surface area contributed by atoms with E-state index >= 15 is 0 Å². The molecule has 3 atom stereocenters. The topological polar surface area (TPSA) is 69.6 Å². The van der Waals surface area contributed by atoms with E-state index in [9.17, 15) is 9.90 Å². The maximum Gasteiger partial charge on any atom is 0.323 e. The number of carboxylic acids is 1. The minimum atomic E-state index is -0.716. The van der Waals surface area contributed by atoms with E-state index in [1.807, 2.05) is 18.7 Å². The summed E-state index contributed by atoms with van der Waals surface area (Å²) in [7, 11) is 0. The molecule has 1 aliphatic rings. The first kappa shape index (κ1) is 15.8. The van der Waals surface area contributed by atoms with Crippen LogP contribution in [0.1, 0.15) is 46.0 Å². The van der Waals surface area contributed by atoms with Crippen LogP contribution >= 0.6 is 11.8 Å². The van der Waals surface area contributed by atoms with E-state index in [-0.39, 0.29) is 6.61 Å². The van der Waals surface area contributed by atoms with Gasteiger partial charge in [-0.2, -0.15) is 11.8 Å². The smallest absolute Gasteiger partial charge is 0.323 e. The van der Waals surface area contributed by atoms with Gasteiger partial charge in [-0.15, -0.1) is 0 Å². The number of carboxylic acid groups (broad SMARTS) is 1. The molecule has 18 heavy (non-hydrogen) atoms. The van der Waals surface area contributed by atoms with Gasteiger partial charge in [0.05, 0.1) is 0 Å². The normalized spacial score (nSPS) is 29.4. The Kier molecular flexibility index (Phi) is 6.46. The third kappa shape index (κ3) is 4.14. The number of hydrogen-bond acceptors (Lipinski definition) is 4. The van der Waals surface area contributed by atoms with Crippen LogP contribution in [-0.2, 0) is 4.79 Å². The summed E-state index contributed by atoms with van der Waals surface area (Å²) in [5.41, 5.74) is -0.716. The molecule has 0 aromatic rings. The van der Waals surface area contributed by atoms with Gasteiger partial charge in [0.1, 0.15) is 5.54 Å². The number of aliphatic hydroxyl groups is 1. The van der Waals surface area contributed by atoms with Crippen LogP contribution in [0.4, 0.5) is 0 Å². The van der Waals surface area contributed by atoms with E-state index in [1.165, 1.54) is 0 Å². The second-order valence-electron chi connectivity index (χ2n) is 5.14. The number of rotatable bonds is 8. The molecule has 0 bridgehead atoms. The molecule has 0 saturated heterocycles. The van der Waals surface area contributed by atoms with Crippen molar-refractivity contribution in [3.63, 3.8) is 0 Å². The maximum atomic E-state index is 11.5. The van der Waals surface area contributed by atoms with Crippen LogP contribution < -0.4 is 5.32 Å². The van der Waals surface area contributed by atoms with Gasteiger partial charge in [-0.25, -0.2) is 0 Å². The fraction of sp³-hybridized carbons (Fsp3) is 0.923. The Labute approximate surface area is 114 Å². The first-order chi connectivity index (χ1) is 8.54. The summed E-state index contributed by atoms with van der Waals surface area (Å²) in [5.74, 6) is -0.714. The van der Waals surface area contributed by atoms with Crippen molar-refractivity contribution in [3.05, 3.63) is 0 Å². The molecule has 106 valence electrons. The SMILES string of the molecule is CCCNC1(C(=O)O)CCC(SC(C)CCO)C1. The van der Waals surface area contributed by atoms with Crippen LogP contribution in [0.15, 0.2) is 0 Å². The number of thioether (sulfide) groups is 1. The third-order valence-electron chi connectivity index (χ3n) is 3.55. The average Bonchev–Trinajstić information content (AvgIpc) is 2.71. The summed E-state index contributed by atoms with van der Waals surface area (Å²) in [6, 6.07) is 0. The van der Waals surface area contributed by atoms with E-state index in [4.69, 9.17) is 5.11 Å². The summed E-state index contributed by atoms with van der Waals surface area (Å²) < 4.78 is 0. The third-order valence-corrected chi connectivity index (χ3v) is 5.04. The van der Waals surface area contributed by atoms with Crippen LogP contribution in [0, 0.1) is 0 Å². The first-order valence-electron chi connectivity index (χ1n) is 6.79. The fourth-order valence-electron chi connectivity index (χ4n) is 2.49. The molecule has 0 amide bonds. The van der Waals surface area contributed by atoms with Crippen LogP contribution in [-0.4, -0.2) is 45.4 Å². The Bertz CT molecular complexity index is 275. The lowest BCUT2D eigenvalue weighted by Crippen LogP contribution is -2.50. The van der Waals surface area contributed by atoms with E-state index in [2.05, 4.69) is 12.2 Å². The highest BCUT2D eigenvalue weighted by atomic mass is 32.2. The van der Waals surface area contributed by atoms with Crippen molar-refractivity contribution in [2.24, 2.45) is 0 Å². The van der Waals surface area contributed by atoms with E-state index in [1.54, 1.807) is 0 Å². The summed E-state index contributed by atoms with van der Waals surface area (Å²) in [4.78, 5) is 11.5. The molecule has 1 fully saturated rings. The van der Waals surface area contributed by atoms with E-state index in [0.29, 0.717) is 23.3 Å². The average molecular weight is 275 g/mol. The Balaban J connectivity index is 2.51. The second-order valence-corrected chi connectivity index (χ2v) is 6.88. The van der Waals surface area contributed by atoms with Crippen LogP contribution in [0.25, 0.3) is 0 Å². The standard InChI is InChI=1S/C13H25NO3S/c1-3-7-14-13(12(16)17)6-4-11(9-13)18-10(2)5-8-15/h10-11,14-15H,3-9H2,1-2H3,(H,16,17). The highest BCUT2D eigenvalue weighted by molar-refractivity contribution is 8.00. The predicted octanol–water partition coefficient (Wildman–Crippen LogP) is 1.87. The summed E-state index contributed by atoms with van der Waals surface area (Å²) in [6.07, 6.45) is 4.09. The van der Waals surface area contributed by atoms with Crippen molar-refractivity contribution in [2.75, 3.05) is 13.2 Å². The van der Waals surface area contributed by atoms with Gasteiger partial charge in [0.2, 0.25) is 0 Å². The summed E-state index contributed by atoms with van der Waals surface area (Å²) in [5, 5.41) is 22.3. The Morgan fingerprint density at radius 2 is 2.33 bits per heavy atom. The zero-order valence-corrected chi connectivity index (χ0v) is 12.1. The molecule has 4 nitrogen and oxygen atoms in total. The molecule has 5 heteroatoms. The minimum absolute atomic E-state index is 0.207. The van der Waals surface area contributed by atoms with E-state index in [0.717, 1.165) is 25.8 Å². The quantitative estimate of drug-likeness (QED) is 0.631. The van der Waals surface area contributed by atoms with Crippen LogP contribution in [0.2, 0.25) is 0 Å². The van der Waals surface area contributed by atoms with Gasteiger partial charge >= 0.3 is 5.97 Å². The molecule has 0 radical (unpaired) electrons. The molecule has 0 aromatic carbocycles. The largest absolute Gasteiger partial charge is 0.480 e. The van der Waals surface area contributed by atoms with Crippen molar-refractivity contribution in [3.8, 4) is 0 Å². The Morgan fingerprint density at radius 1 is 1.61 bits per heavy atom. The molecule has 0 spiro atoms. The molecule has 0 heterocycles. The van der Waals surface area contributed by atoms with Gasteiger partial charge in [0, 0.05) is 17.1 Å². The van der Waals surface area contributed by atoms with Gasteiger partial charge in [0.15, 0.2) is 0 Å². The molecule has 1 saturated carbocycles. The molecule has 0 aliphatic heterocycles. The van der Waals surface area contributed by atoms with Crippen molar-refractivity contribution in [2.45, 2.75) is 62.0 Å². The van der Waals surface area contributed by atoms with Crippen molar-refractivity contribution >= 4 is 17.7 Å². The molecule has 1 aliphatic carbocycles. The summed E-state index contributed by atoms with van der Waals surface area (Å²) >= 11 is 1.82. The lowest BCUT2D eigenvalue weighted by Gasteiger charge is -2.26. The van der Waals surface area contributed by atoms with Crippen LogP contribution in [0.3, 0.4) is 0 Å². The van der Waals surface area contributed by atoms with Crippen LogP contribution in [0.5, 0.6) is 0 Å². The molecular formula is C13H25NO3S. The molecule has 3 N–H and O–H groups in total. The fourth-order valence-corrected chi connectivity index (χ4v) is 4.02. The van der Waals surface area contributed by atoms with Crippen molar-refractivity contribution < 1.29 is 15.0 Å². The van der Waals surface area contributed by atoms with Gasteiger partial charge in [-0.05, 0) is 38.6 Å². The van der Waals surface area contributed by atoms with Crippen molar-refractivity contribution in [1.82, 2.24) is 5.32 Å². The lowest BCUT2D eigenvalue weighted by atomic mass is 9.98. The van der Waals surface area contributed by atoms with Gasteiger partial charge in [-0.3, -0.25) is 4.79 Å². The predicted molar refractivity (Wildman–Crippen MR) is 75.1 cm³/mol. The number of aliphatic hydroxyl groups excluding tert-OH is 1.